The number of rotatable bonds is 2. The maximum absolute atomic E-state index is 11.2. The van der Waals surface area contributed by atoms with Crippen LogP contribution in [0, 0.1) is 13.0 Å². The topological polar surface area (TPSA) is 59.4 Å². The van der Waals surface area contributed by atoms with Crippen molar-refractivity contribution in [3.8, 4) is 5.88 Å². The first-order valence-electron chi connectivity index (χ1n) is 3.90. The van der Waals surface area contributed by atoms with Crippen molar-refractivity contribution in [1.82, 2.24) is 4.98 Å². The minimum atomic E-state index is -0.441. The number of carbonyl (C=O) groups excluding carboxylic acids is 1. The Hall–Kier alpha value is -1.58. The molecule has 1 N–H and O–H groups in total. The number of hydrogen-bond donors (Lipinski definition) is 1. The van der Waals surface area contributed by atoms with Gasteiger partial charge in [-0.25, -0.2) is 9.78 Å². The van der Waals surface area contributed by atoms with Gasteiger partial charge in [0.2, 0.25) is 5.88 Å². The highest BCUT2D eigenvalue weighted by Crippen LogP contribution is 2.11. The van der Waals surface area contributed by atoms with Gasteiger partial charge in [-0.3, -0.25) is 0 Å². The smallest absolute Gasteiger partial charge is 0.339 e. The fraction of sp³-hybridized carbons (Fsp3) is 0.333. The van der Waals surface area contributed by atoms with Crippen molar-refractivity contribution < 1.29 is 14.6 Å². The summed E-state index contributed by atoms with van der Waals surface area (Å²) < 4.78 is 4.77. The van der Waals surface area contributed by atoms with Crippen molar-refractivity contribution in [3.63, 3.8) is 0 Å². The molecule has 0 amide bonds. The molecule has 0 aliphatic rings. The van der Waals surface area contributed by atoms with E-state index in [1.165, 1.54) is 6.20 Å². The number of esters is 1. The lowest BCUT2D eigenvalue weighted by Gasteiger charge is -2.03. The maximum atomic E-state index is 11.2. The summed E-state index contributed by atoms with van der Waals surface area (Å²) in [5.74, 6) is -0.658. The van der Waals surface area contributed by atoms with E-state index in [2.05, 4.69) is 11.1 Å². The fourth-order valence-electron chi connectivity index (χ4n) is 0.904. The Morgan fingerprint density at radius 3 is 3.00 bits per heavy atom. The number of carbonyl (C=O) groups is 1. The molecule has 13 heavy (non-hydrogen) atoms. The molecular formula is C9H10NO3. The van der Waals surface area contributed by atoms with Crippen LogP contribution in [0.4, 0.5) is 0 Å². The van der Waals surface area contributed by atoms with Crippen LogP contribution in [0.15, 0.2) is 6.20 Å². The van der Waals surface area contributed by atoms with Gasteiger partial charge in [-0.05, 0) is 19.4 Å². The Morgan fingerprint density at radius 1 is 1.77 bits per heavy atom. The van der Waals surface area contributed by atoms with Crippen LogP contribution in [-0.2, 0) is 4.74 Å². The maximum Gasteiger partial charge on any atom is 0.339 e. The van der Waals surface area contributed by atoms with Crippen LogP contribution in [-0.4, -0.2) is 22.7 Å². The largest absolute Gasteiger partial charge is 0.493 e. The van der Waals surface area contributed by atoms with E-state index in [9.17, 15) is 4.79 Å². The standard InChI is InChI=1S/C9H10NO3/c1-3-13-9(12)7-5-10-8(11)4-6(7)2/h5H,3H2,1-2H3,(H,10,11). The number of pyridine rings is 1. The number of nitrogens with zero attached hydrogens (tertiary/aromatic N) is 1. The van der Waals surface area contributed by atoms with Crippen LogP contribution < -0.4 is 0 Å². The van der Waals surface area contributed by atoms with Gasteiger partial charge in [0.15, 0.2) is 0 Å². The number of ether oxygens (including phenoxy) is 1. The van der Waals surface area contributed by atoms with E-state index in [1.807, 2.05) is 0 Å². The monoisotopic (exact) mass is 180 g/mol. The molecule has 69 valence electrons. The number of aromatic nitrogens is 1. The van der Waals surface area contributed by atoms with E-state index in [1.54, 1.807) is 13.8 Å². The molecule has 1 aromatic rings. The zero-order valence-electron chi connectivity index (χ0n) is 7.50. The summed E-state index contributed by atoms with van der Waals surface area (Å²) in [7, 11) is 0. The number of hydrogen-bond acceptors (Lipinski definition) is 4. The first-order valence-corrected chi connectivity index (χ1v) is 3.90. The van der Waals surface area contributed by atoms with Gasteiger partial charge in [0, 0.05) is 6.20 Å². The first kappa shape index (κ1) is 9.51. The zero-order chi connectivity index (χ0) is 9.84. The summed E-state index contributed by atoms with van der Waals surface area (Å²) in [5, 5.41) is 8.93. The Kier molecular flexibility index (Phi) is 2.84. The van der Waals surface area contributed by atoms with Gasteiger partial charge in [-0.1, -0.05) is 0 Å². The molecule has 0 aliphatic carbocycles. The molecule has 1 heterocycles. The molecule has 4 nitrogen and oxygen atoms in total. The predicted molar refractivity (Wildman–Crippen MR) is 45.4 cm³/mol. The highest BCUT2D eigenvalue weighted by atomic mass is 16.5. The van der Waals surface area contributed by atoms with Crippen LogP contribution in [0.25, 0.3) is 0 Å². The lowest BCUT2D eigenvalue weighted by molar-refractivity contribution is 0.0525. The van der Waals surface area contributed by atoms with Gasteiger partial charge in [-0.2, -0.15) is 0 Å². The van der Waals surface area contributed by atoms with Crippen LogP contribution in [0.2, 0.25) is 0 Å². The summed E-state index contributed by atoms with van der Waals surface area (Å²) in [6.07, 6.45) is 1.28. The summed E-state index contributed by atoms with van der Waals surface area (Å²) in [6, 6.07) is 2.52. The third-order valence-electron chi connectivity index (χ3n) is 1.51. The second-order valence-corrected chi connectivity index (χ2v) is 2.47. The van der Waals surface area contributed by atoms with Crippen molar-refractivity contribution in [2.75, 3.05) is 6.61 Å². The van der Waals surface area contributed by atoms with Gasteiger partial charge in [0.25, 0.3) is 0 Å². The average molecular weight is 180 g/mol. The molecule has 0 saturated carbocycles. The summed E-state index contributed by atoms with van der Waals surface area (Å²) in [4.78, 5) is 14.8. The third-order valence-corrected chi connectivity index (χ3v) is 1.51. The van der Waals surface area contributed by atoms with E-state index in [0.29, 0.717) is 17.7 Å². The SMILES string of the molecule is CCOC(=O)c1cnc(O)[c]c1C. The molecule has 4 heteroatoms. The van der Waals surface area contributed by atoms with Gasteiger partial charge in [0.05, 0.1) is 18.2 Å². The van der Waals surface area contributed by atoms with Crippen molar-refractivity contribution in [2.45, 2.75) is 13.8 Å². The first-order chi connectivity index (χ1) is 6.15. The van der Waals surface area contributed by atoms with Crippen LogP contribution in [0.3, 0.4) is 0 Å². The van der Waals surface area contributed by atoms with E-state index in [4.69, 9.17) is 9.84 Å². The van der Waals surface area contributed by atoms with E-state index in [0.717, 1.165) is 0 Å². The number of aromatic hydroxyl groups is 1. The molecule has 0 aliphatic heterocycles. The molecule has 0 spiro atoms. The Labute approximate surface area is 76.2 Å². The summed E-state index contributed by atoms with van der Waals surface area (Å²) in [6.45, 7) is 3.71. The fourth-order valence-corrected chi connectivity index (χ4v) is 0.904. The molecule has 0 atom stereocenters. The van der Waals surface area contributed by atoms with Gasteiger partial charge in [-0.15, -0.1) is 0 Å². The van der Waals surface area contributed by atoms with Crippen molar-refractivity contribution >= 4 is 5.97 Å². The quantitative estimate of drug-likeness (QED) is 0.691. The minimum absolute atomic E-state index is 0.217. The van der Waals surface area contributed by atoms with Gasteiger partial charge < -0.3 is 9.84 Å². The highest BCUT2D eigenvalue weighted by molar-refractivity contribution is 5.90. The van der Waals surface area contributed by atoms with Gasteiger partial charge in [0.1, 0.15) is 0 Å². The van der Waals surface area contributed by atoms with E-state index >= 15 is 0 Å². The molecule has 0 saturated heterocycles. The zero-order valence-corrected chi connectivity index (χ0v) is 7.50. The molecule has 1 rings (SSSR count). The molecule has 0 fully saturated rings. The average Bonchev–Trinajstić information content (AvgIpc) is 2.04. The minimum Gasteiger partial charge on any atom is -0.493 e. The molecule has 0 unspecified atom stereocenters. The second-order valence-electron chi connectivity index (χ2n) is 2.47. The van der Waals surface area contributed by atoms with E-state index in [-0.39, 0.29) is 5.88 Å². The summed E-state index contributed by atoms with van der Waals surface area (Å²) in [5.41, 5.74) is 0.866. The third kappa shape index (κ3) is 2.18. The van der Waals surface area contributed by atoms with Crippen LogP contribution >= 0.6 is 0 Å². The lowest BCUT2D eigenvalue weighted by Crippen LogP contribution is -2.07. The van der Waals surface area contributed by atoms with Crippen molar-refractivity contribution in [3.05, 3.63) is 23.4 Å². The molecular weight excluding hydrogens is 170 g/mol. The molecule has 1 aromatic heterocycles. The lowest BCUT2D eigenvalue weighted by atomic mass is 10.1. The molecule has 0 aromatic carbocycles. The van der Waals surface area contributed by atoms with Crippen molar-refractivity contribution in [2.24, 2.45) is 0 Å². The Morgan fingerprint density at radius 2 is 2.46 bits per heavy atom. The molecule has 0 bridgehead atoms. The Balaban J connectivity index is 2.95. The van der Waals surface area contributed by atoms with E-state index < -0.39 is 5.97 Å². The van der Waals surface area contributed by atoms with Crippen molar-refractivity contribution in [1.29, 1.82) is 0 Å². The number of aryl methyl sites for hydroxylation is 1. The summed E-state index contributed by atoms with van der Waals surface area (Å²) >= 11 is 0. The molecule has 1 radical (unpaired) electrons. The normalized spacial score (nSPS) is 9.69. The predicted octanol–water partition coefficient (Wildman–Crippen LogP) is 1.07. The second kappa shape index (κ2) is 3.89. The van der Waals surface area contributed by atoms with Crippen LogP contribution in [0.5, 0.6) is 5.88 Å². The van der Waals surface area contributed by atoms with Crippen LogP contribution in [0.1, 0.15) is 22.8 Å². The Bertz CT molecular complexity index is 323. The van der Waals surface area contributed by atoms with Gasteiger partial charge >= 0.3 is 5.97 Å². The highest BCUT2D eigenvalue weighted by Gasteiger charge is 2.10.